The monoisotopic (exact) mass is 424 g/mol. The van der Waals surface area contributed by atoms with Gasteiger partial charge in [-0.05, 0) is 29.2 Å². The fourth-order valence-electron chi connectivity index (χ4n) is 4.42. The number of β-amino-alcohol motifs (C(OH)–C–C–N with tert-alkyl or cyclic N) is 1. The standard InChI is InChI=1S/C23H24N2O6/c1-13(21(27)25-11-14(26)10-20(25)22(28)29)24-23(30)31-12-19-17-8-4-2-6-15(17)16-7-3-5-9-18(16)19/h2-9,13-14,19-20,26H,10-12H2,1H3,(H,24,30)(H,28,29)/t13-,14+,20-/m0/s1. The number of ether oxygens (including phenoxy) is 1. The maximum absolute atomic E-state index is 12.6. The second-order valence-corrected chi connectivity index (χ2v) is 7.93. The quantitative estimate of drug-likeness (QED) is 0.676. The van der Waals surface area contributed by atoms with E-state index in [1.165, 1.54) is 6.92 Å². The summed E-state index contributed by atoms with van der Waals surface area (Å²) in [5, 5.41) is 21.5. The highest BCUT2D eigenvalue weighted by atomic mass is 16.5. The van der Waals surface area contributed by atoms with Gasteiger partial charge in [0, 0.05) is 18.9 Å². The van der Waals surface area contributed by atoms with Crippen LogP contribution < -0.4 is 5.32 Å². The Bertz CT molecular complexity index is 977. The van der Waals surface area contributed by atoms with Crippen LogP contribution >= 0.6 is 0 Å². The number of hydrogen-bond donors (Lipinski definition) is 3. The van der Waals surface area contributed by atoms with Gasteiger partial charge in [-0.15, -0.1) is 0 Å². The van der Waals surface area contributed by atoms with E-state index in [1.807, 2.05) is 48.5 Å². The van der Waals surface area contributed by atoms with Crippen LogP contribution in [0, 0.1) is 0 Å². The van der Waals surface area contributed by atoms with Crippen molar-refractivity contribution in [2.24, 2.45) is 0 Å². The first-order valence-electron chi connectivity index (χ1n) is 10.2. The Morgan fingerprint density at radius 3 is 2.26 bits per heavy atom. The Kier molecular flexibility index (Phi) is 5.65. The van der Waals surface area contributed by atoms with Gasteiger partial charge in [-0.3, -0.25) is 4.79 Å². The Balaban J connectivity index is 1.39. The second-order valence-electron chi connectivity index (χ2n) is 7.93. The number of amides is 2. The van der Waals surface area contributed by atoms with Crippen LogP contribution in [0.5, 0.6) is 0 Å². The van der Waals surface area contributed by atoms with Gasteiger partial charge in [0.2, 0.25) is 5.91 Å². The van der Waals surface area contributed by atoms with E-state index in [2.05, 4.69) is 5.32 Å². The summed E-state index contributed by atoms with van der Waals surface area (Å²) in [5.41, 5.74) is 4.39. The summed E-state index contributed by atoms with van der Waals surface area (Å²) in [5.74, 6) is -1.86. The molecule has 1 aliphatic carbocycles. The molecule has 4 rings (SSSR count). The number of nitrogens with one attached hydrogen (secondary N) is 1. The topological polar surface area (TPSA) is 116 Å². The van der Waals surface area contributed by atoms with Gasteiger partial charge in [-0.25, -0.2) is 9.59 Å². The van der Waals surface area contributed by atoms with Gasteiger partial charge in [-0.1, -0.05) is 48.5 Å². The average Bonchev–Trinajstić information content (AvgIpc) is 3.30. The van der Waals surface area contributed by atoms with Crippen LogP contribution in [0.2, 0.25) is 0 Å². The molecule has 3 atom stereocenters. The summed E-state index contributed by atoms with van der Waals surface area (Å²) in [4.78, 5) is 37.4. The molecule has 8 heteroatoms. The lowest BCUT2D eigenvalue weighted by atomic mass is 9.98. The number of aliphatic hydroxyl groups is 1. The molecule has 2 aromatic rings. The molecule has 1 saturated heterocycles. The van der Waals surface area contributed by atoms with E-state index in [4.69, 9.17) is 4.74 Å². The lowest BCUT2D eigenvalue weighted by molar-refractivity contribution is -0.148. The van der Waals surface area contributed by atoms with Gasteiger partial charge in [0.05, 0.1) is 6.10 Å². The number of aliphatic hydroxyl groups excluding tert-OH is 1. The van der Waals surface area contributed by atoms with Crippen LogP contribution in [0.15, 0.2) is 48.5 Å². The molecule has 31 heavy (non-hydrogen) atoms. The summed E-state index contributed by atoms with van der Waals surface area (Å²) in [6, 6.07) is 13.9. The van der Waals surface area contributed by atoms with E-state index in [0.29, 0.717) is 0 Å². The van der Waals surface area contributed by atoms with Crippen molar-refractivity contribution in [3.05, 3.63) is 59.7 Å². The van der Waals surface area contributed by atoms with Gasteiger partial charge in [0.1, 0.15) is 18.7 Å². The molecule has 0 aromatic heterocycles. The molecule has 0 spiro atoms. The molecule has 2 aromatic carbocycles. The molecule has 162 valence electrons. The number of carbonyl (C=O) groups excluding carboxylic acids is 2. The zero-order chi connectivity index (χ0) is 22.1. The summed E-state index contributed by atoms with van der Waals surface area (Å²) in [6.07, 6.45) is -1.68. The van der Waals surface area contributed by atoms with Crippen molar-refractivity contribution in [1.82, 2.24) is 10.2 Å². The van der Waals surface area contributed by atoms with Crippen LogP contribution in [0.3, 0.4) is 0 Å². The number of nitrogens with zero attached hydrogens (tertiary/aromatic N) is 1. The lowest BCUT2D eigenvalue weighted by Crippen LogP contribution is -2.50. The fraction of sp³-hybridized carbons (Fsp3) is 0.348. The summed E-state index contributed by atoms with van der Waals surface area (Å²) >= 11 is 0. The van der Waals surface area contributed by atoms with Crippen molar-refractivity contribution in [2.75, 3.05) is 13.2 Å². The van der Waals surface area contributed by atoms with Crippen molar-refractivity contribution in [1.29, 1.82) is 0 Å². The largest absolute Gasteiger partial charge is 0.480 e. The van der Waals surface area contributed by atoms with Gasteiger partial charge < -0.3 is 25.2 Å². The molecule has 0 unspecified atom stereocenters. The van der Waals surface area contributed by atoms with E-state index in [-0.39, 0.29) is 25.5 Å². The number of alkyl carbamates (subject to hydrolysis) is 1. The van der Waals surface area contributed by atoms with Gasteiger partial charge in [0.15, 0.2) is 0 Å². The van der Waals surface area contributed by atoms with Gasteiger partial charge >= 0.3 is 12.1 Å². The predicted octanol–water partition coefficient (Wildman–Crippen LogP) is 1.96. The van der Waals surface area contributed by atoms with Gasteiger partial charge in [0.25, 0.3) is 0 Å². The highest BCUT2D eigenvalue weighted by molar-refractivity contribution is 5.89. The molecule has 2 aliphatic rings. The first kappa shape index (κ1) is 20.9. The summed E-state index contributed by atoms with van der Waals surface area (Å²) < 4.78 is 5.43. The molecule has 0 bridgehead atoms. The highest BCUT2D eigenvalue weighted by Crippen LogP contribution is 2.44. The molecule has 1 aliphatic heterocycles. The van der Waals surface area contributed by atoms with Gasteiger partial charge in [-0.2, -0.15) is 0 Å². The van der Waals surface area contributed by atoms with E-state index < -0.39 is 36.2 Å². The third kappa shape index (κ3) is 3.98. The summed E-state index contributed by atoms with van der Waals surface area (Å²) in [6.45, 7) is 1.50. The molecule has 2 amide bonds. The van der Waals surface area contributed by atoms with E-state index >= 15 is 0 Å². The SMILES string of the molecule is C[C@H](NC(=O)OCC1c2ccccc2-c2ccccc21)C(=O)N1C[C@H](O)C[C@H]1C(=O)O. The van der Waals surface area contributed by atoms with Crippen LogP contribution in [0.4, 0.5) is 4.79 Å². The number of benzene rings is 2. The zero-order valence-electron chi connectivity index (χ0n) is 17.0. The number of rotatable bonds is 5. The number of aliphatic carboxylic acids is 1. The number of fused-ring (bicyclic) bond motifs is 3. The number of carboxylic acids is 1. The number of carboxylic acid groups (broad SMARTS) is 1. The second kappa shape index (κ2) is 8.39. The maximum Gasteiger partial charge on any atom is 0.407 e. The molecule has 0 radical (unpaired) electrons. The normalized spacial score (nSPS) is 20.6. The van der Waals surface area contributed by atoms with E-state index in [1.54, 1.807) is 0 Å². The number of likely N-dealkylation sites (tertiary alicyclic amines) is 1. The Labute approximate surface area is 179 Å². The van der Waals surface area contributed by atoms with Crippen LogP contribution in [-0.2, 0) is 14.3 Å². The van der Waals surface area contributed by atoms with Crippen LogP contribution in [0.25, 0.3) is 11.1 Å². The molecular weight excluding hydrogens is 400 g/mol. The Morgan fingerprint density at radius 2 is 1.68 bits per heavy atom. The zero-order valence-corrected chi connectivity index (χ0v) is 17.0. The number of carbonyl (C=O) groups is 3. The third-order valence-corrected chi connectivity index (χ3v) is 5.90. The predicted molar refractivity (Wildman–Crippen MR) is 111 cm³/mol. The smallest absolute Gasteiger partial charge is 0.407 e. The van der Waals surface area contributed by atoms with Crippen molar-refractivity contribution < 1.29 is 29.3 Å². The lowest BCUT2D eigenvalue weighted by Gasteiger charge is -2.25. The molecule has 1 heterocycles. The van der Waals surface area contributed by atoms with Crippen LogP contribution in [-0.4, -0.2) is 64.4 Å². The van der Waals surface area contributed by atoms with Crippen molar-refractivity contribution in [3.8, 4) is 11.1 Å². The van der Waals surface area contributed by atoms with Crippen molar-refractivity contribution in [3.63, 3.8) is 0 Å². The third-order valence-electron chi connectivity index (χ3n) is 5.90. The Hall–Kier alpha value is -3.39. The minimum atomic E-state index is -1.18. The maximum atomic E-state index is 12.6. The summed E-state index contributed by atoms with van der Waals surface area (Å²) in [7, 11) is 0. The Morgan fingerprint density at radius 1 is 1.10 bits per heavy atom. The van der Waals surface area contributed by atoms with Crippen molar-refractivity contribution >= 4 is 18.0 Å². The molecule has 0 saturated carbocycles. The highest BCUT2D eigenvalue weighted by Gasteiger charge is 2.40. The fourth-order valence-corrected chi connectivity index (χ4v) is 4.42. The number of hydrogen-bond acceptors (Lipinski definition) is 5. The minimum absolute atomic E-state index is 0.0290. The molecule has 1 fully saturated rings. The van der Waals surface area contributed by atoms with Crippen LogP contribution in [0.1, 0.15) is 30.4 Å². The first-order chi connectivity index (χ1) is 14.9. The molecular formula is C23H24N2O6. The minimum Gasteiger partial charge on any atom is -0.480 e. The van der Waals surface area contributed by atoms with Crippen molar-refractivity contribution in [2.45, 2.75) is 37.5 Å². The first-order valence-corrected chi connectivity index (χ1v) is 10.2. The molecule has 3 N–H and O–H groups in total. The average molecular weight is 424 g/mol. The molecule has 8 nitrogen and oxygen atoms in total. The van der Waals surface area contributed by atoms with E-state index in [9.17, 15) is 24.6 Å². The van der Waals surface area contributed by atoms with E-state index in [0.717, 1.165) is 27.2 Å².